The number of cyclic esters (lactones) is 1. The Balaban J connectivity index is 1.35. The molecule has 4 aromatic heterocycles. The molecule has 0 saturated carbocycles. The lowest BCUT2D eigenvalue weighted by Gasteiger charge is -2.23. The maximum absolute atomic E-state index is 13.7. The van der Waals surface area contributed by atoms with Crippen molar-refractivity contribution in [3.8, 4) is 0 Å². The lowest BCUT2D eigenvalue weighted by Crippen LogP contribution is -2.38. The van der Waals surface area contributed by atoms with Crippen molar-refractivity contribution in [3.05, 3.63) is 200 Å². The van der Waals surface area contributed by atoms with Gasteiger partial charge in [0.2, 0.25) is 0 Å². The fraction of sp³-hybridized carbons (Fsp3) is 0.0714. The first-order chi connectivity index (χ1) is 24.2. The van der Waals surface area contributed by atoms with E-state index in [0.29, 0.717) is 13.0 Å². The van der Waals surface area contributed by atoms with Crippen LogP contribution < -0.4 is 21.4 Å². The molecule has 1 atom stereocenters. The SMILES string of the molecule is O=C1OC[C@H](Cc2ccccc2)N1C1=c2ccc([nH]2)=C(c2ccccc2)c2ccc([nH]2)C=c2ccc([nH]2)=C(c2ccccc2)c2ccc1[nH]2. The van der Waals surface area contributed by atoms with E-state index in [9.17, 15) is 4.79 Å². The standard InChI is InChI=1S/C42H33N5O2/c48-42-47(32(26-49-42)24-27-10-4-1-5-11-27)41-37-22-20-35(45-37)39(28-12-6-2-7-13-28)33-18-16-30(43-33)25-31-17-19-34(44-31)40(29-14-8-3-9-15-29)36-21-23-38(41)46-36/h1-23,25,32,43-46H,24,26H2/t32-/m0/s1. The number of rotatable bonds is 5. The summed E-state index contributed by atoms with van der Waals surface area (Å²) in [5.41, 5.74) is 9.78. The second kappa shape index (κ2) is 12.0. The predicted octanol–water partition coefficient (Wildman–Crippen LogP) is 4.86. The maximum atomic E-state index is 13.7. The average molecular weight is 640 g/mol. The van der Waals surface area contributed by atoms with Crippen molar-refractivity contribution in [2.24, 2.45) is 0 Å². The van der Waals surface area contributed by atoms with Crippen LogP contribution in [0, 0.1) is 0 Å². The van der Waals surface area contributed by atoms with Crippen LogP contribution in [0.2, 0.25) is 0 Å². The molecule has 1 saturated heterocycles. The third-order valence-electron chi connectivity index (χ3n) is 9.33. The van der Waals surface area contributed by atoms with Gasteiger partial charge in [-0.05, 0) is 77.7 Å². The first kappa shape index (κ1) is 28.7. The van der Waals surface area contributed by atoms with Crippen LogP contribution in [-0.2, 0) is 11.2 Å². The van der Waals surface area contributed by atoms with Gasteiger partial charge in [0.25, 0.3) is 0 Å². The fourth-order valence-corrected chi connectivity index (χ4v) is 7.11. The second-order valence-corrected chi connectivity index (χ2v) is 12.5. The molecule has 49 heavy (non-hydrogen) atoms. The molecule has 8 bridgehead atoms. The Kier molecular flexibility index (Phi) is 7.01. The molecule has 2 aliphatic heterocycles. The molecule has 6 heterocycles. The number of nitrogens with zero attached hydrogens (tertiary/aromatic N) is 1. The Labute approximate surface area is 282 Å². The number of carbonyl (C=O) groups excluding carboxylic acids is 1. The van der Waals surface area contributed by atoms with Gasteiger partial charge in [0.05, 0.1) is 22.8 Å². The van der Waals surface area contributed by atoms with Crippen LogP contribution in [0.4, 0.5) is 4.79 Å². The van der Waals surface area contributed by atoms with E-state index >= 15 is 0 Å². The van der Waals surface area contributed by atoms with Gasteiger partial charge in [-0.15, -0.1) is 0 Å². The molecule has 0 spiro atoms. The summed E-state index contributed by atoms with van der Waals surface area (Å²) in [5, 5.41) is 3.70. The third kappa shape index (κ3) is 5.31. The summed E-state index contributed by atoms with van der Waals surface area (Å²) in [5.74, 6) is 0. The number of aromatic nitrogens is 4. The van der Waals surface area contributed by atoms with E-state index in [2.05, 4.69) is 135 Å². The van der Waals surface area contributed by atoms with E-state index in [-0.39, 0.29) is 12.1 Å². The van der Waals surface area contributed by atoms with Crippen LogP contribution in [0.15, 0.2) is 140 Å². The quantitative estimate of drug-likeness (QED) is 0.217. The van der Waals surface area contributed by atoms with E-state index in [1.807, 2.05) is 35.2 Å². The first-order valence-corrected chi connectivity index (χ1v) is 16.5. The highest BCUT2D eigenvalue weighted by Gasteiger charge is 2.37. The van der Waals surface area contributed by atoms with E-state index in [4.69, 9.17) is 4.74 Å². The van der Waals surface area contributed by atoms with Crippen molar-refractivity contribution < 1.29 is 9.53 Å². The minimum atomic E-state index is -0.365. The lowest BCUT2D eigenvalue weighted by molar-refractivity contribution is 0.167. The van der Waals surface area contributed by atoms with Gasteiger partial charge >= 0.3 is 6.09 Å². The number of hydrogen-bond donors (Lipinski definition) is 4. The normalized spacial score (nSPS) is 15.8. The van der Waals surface area contributed by atoms with Crippen LogP contribution in [0.5, 0.6) is 0 Å². The summed E-state index contributed by atoms with van der Waals surface area (Å²) in [6.45, 7) is 0.300. The van der Waals surface area contributed by atoms with Crippen LogP contribution in [0.1, 0.15) is 39.5 Å². The van der Waals surface area contributed by atoms with Crippen molar-refractivity contribution in [1.29, 1.82) is 0 Å². The highest BCUT2D eigenvalue weighted by Crippen LogP contribution is 2.29. The van der Waals surface area contributed by atoms with Crippen molar-refractivity contribution in [2.75, 3.05) is 6.61 Å². The molecule has 3 aromatic carbocycles. The van der Waals surface area contributed by atoms with E-state index < -0.39 is 0 Å². The minimum Gasteiger partial charge on any atom is -0.447 e. The van der Waals surface area contributed by atoms with Crippen LogP contribution in [-0.4, -0.2) is 43.6 Å². The molecule has 7 aromatic rings. The van der Waals surface area contributed by atoms with E-state index in [1.54, 1.807) is 0 Å². The number of hydrogen-bond acceptors (Lipinski definition) is 2. The van der Waals surface area contributed by atoms with Gasteiger partial charge in [0, 0.05) is 44.3 Å². The van der Waals surface area contributed by atoms with Crippen LogP contribution in [0.25, 0.3) is 22.9 Å². The minimum absolute atomic E-state index is 0.198. The zero-order valence-corrected chi connectivity index (χ0v) is 26.6. The first-order valence-electron chi connectivity index (χ1n) is 16.5. The molecule has 7 heteroatoms. The summed E-state index contributed by atoms with van der Waals surface area (Å²) in [6, 6.07) is 47.5. The zero-order chi connectivity index (χ0) is 32.7. The number of aromatic amines is 4. The molecule has 0 aliphatic carbocycles. The predicted molar refractivity (Wildman–Crippen MR) is 191 cm³/mol. The van der Waals surface area contributed by atoms with Crippen molar-refractivity contribution >= 4 is 29.0 Å². The van der Waals surface area contributed by atoms with Gasteiger partial charge in [-0.1, -0.05) is 91.0 Å². The molecular formula is C42H33N5O2. The Morgan fingerprint density at radius 1 is 0.571 bits per heavy atom. The van der Waals surface area contributed by atoms with Gasteiger partial charge in [-0.25, -0.2) is 4.79 Å². The summed E-state index contributed by atoms with van der Waals surface area (Å²) < 4.78 is 5.77. The zero-order valence-electron chi connectivity index (χ0n) is 26.6. The smallest absolute Gasteiger partial charge is 0.414 e. The topological polar surface area (TPSA) is 92.7 Å². The molecular weight excluding hydrogens is 606 g/mol. The maximum Gasteiger partial charge on any atom is 0.414 e. The average Bonchev–Trinajstić information content (AvgIpc) is 3.99. The number of H-pyrrole nitrogens is 4. The van der Waals surface area contributed by atoms with Crippen molar-refractivity contribution in [3.63, 3.8) is 0 Å². The number of ether oxygens (including phenoxy) is 1. The van der Waals surface area contributed by atoms with Crippen molar-refractivity contribution in [2.45, 2.75) is 12.5 Å². The summed E-state index contributed by atoms with van der Waals surface area (Å²) in [6.07, 6.45) is 2.42. The number of fused-ring (bicyclic) bond motifs is 8. The highest BCUT2D eigenvalue weighted by molar-refractivity contribution is 5.85. The molecule has 1 fully saturated rings. The molecule has 1 amide bonds. The molecule has 0 unspecified atom stereocenters. The number of benzene rings is 3. The highest BCUT2D eigenvalue weighted by atomic mass is 16.6. The molecule has 7 nitrogen and oxygen atoms in total. The third-order valence-corrected chi connectivity index (χ3v) is 9.33. The number of nitrogens with one attached hydrogen (secondary N) is 4. The lowest BCUT2D eigenvalue weighted by atomic mass is 10.0. The van der Waals surface area contributed by atoms with Gasteiger partial charge in [-0.2, -0.15) is 0 Å². The van der Waals surface area contributed by atoms with Crippen molar-refractivity contribution in [1.82, 2.24) is 24.8 Å². The van der Waals surface area contributed by atoms with Gasteiger partial charge < -0.3 is 24.7 Å². The second-order valence-electron chi connectivity index (χ2n) is 12.5. The Bertz CT molecular complexity index is 2550. The van der Waals surface area contributed by atoms with E-state index in [0.717, 1.165) is 77.7 Å². The molecule has 4 N–H and O–H groups in total. The molecule has 238 valence electrons. The number of carbonyl (C=O) groups is 1. The molecule has 9 rings (SSSR count). The van der Waals surface area contributed by atoms with E-state index in [1.165, 1.54) is 0 Å². The summed E-state index contributed by atoms with van der Waals surface area (Å²) >= 11 is 0. The Hall–Kier alpha value is -6.47. The molecule has 0 radical (unpaired) electrons. The monoisotopic (exact) mass is 639 g/mol. The number of amides is 1. The summed E-state index contributed by atoms with van der Waals surface area (Å²) in [4.78, 5) is 30.3. The van der Waals surface area contributed by atoms with Gasteiger partial charge in [0.1, 0.15) is 6.61 Å². The fourth-order valence-electron chi connectivity index (χ4n) is 7.11. The van der Waals surface area contributed by atoms with Gasteiger partial charge in [0.15, 0.2) is 0 Å². The summed E-state index contributed by atoms with van der Waals surface area (Å²) in [7, 11) is 0. The van der Waals surface area contributed by atoms with Crippen LogP contribution in [0.3, 0.4) is 0 Å². The van der Waals surface area contributed by atoms with Gasteiger partial charge in [-0.3, -0.25) is 4.90 Å². The largest absolute Gasteiger partial charge is 0.447 e. The Morgan fingerprint density at radius 3 is 1.90 bits per heavy atom. The molecule has 2 aliphatic rings. The van der Waals surface area contributed by atoms with Crippen LogP contribution >= 0.6 is 0 Å². The Morgan fingerprint density at radius 2 is 1.16 bits per heavy atom.